The molecular weight excluding hydrogens is 266 g/mol. The summed E-state index contributed by atoms with van der Waals surface area (Å²) in [7, 11) is -3.31. The Hall–Kier alpha value is -2.08. The van der Waals surface area contributed by atoms with Crippen molar-refractivity contribution in [1.29, 1.82) is 0 Å². The molecule has 2 rings (SSSR count). The Bertz CT molecular complexity index is 674. The summed E-state index contributed by atoms with van der Waals surface area (Å²) in [5.41, 5.74) is 0.546. The third kappa shape index (κ3) is 3.23. The predicted octanol–water partition coefficient (Wildman–Crippen LogP) is 1.61. The Labute approximate surface area is 111 Å². The number of amides is 1. The van der Waals surface area contributed by atoms with Crippen molar-refractivity contribution in [2.24, 2.45) is 0 Å². The first kappa shape index (κ1) is 13.4. The van der Waals surface area contributed by atoms with Gasteiger partial charge < -0.3 is 9.73 Å². The van der Waals surface area contributed by atoms with Gasteiger partial charge in [-0.1, -0.05) is 18.2 Å². The van der Waals surface area contributed by atoms with E-state index in [2.05, 4.69) is 5.32 Å². The van der Waals surface area contributed by atoms with Crippen molar-refractivity contribution in [1.82, 2.24) is 5.32 Å². The van der Waals surface area contributed by atoms with Gasteiger partial charge in [-0.15, -0.1) is 0 Å². The van der Waals surface area contributed by atoms with E-state index in [0.717, 1.165) is 6.26 Å². The molecule has 0 fully saturated rings. The summed E-state index contributed by atoms with van der Waals surface area (Å²) in [6, 6.07) is 9.71. The monoisotopic (exact) mass is 279 g/mol. The highest BCUT2D eigenvalue weighted by atomic mass is 32.2. The molecule has 0 aliphatic rings. The van der Waals surface area contributed by atoms with Crippen LogP contribution in [-0.2, 0) is 16.4 Å². The van der Waals surface area contributed by atoms with Crippen LogP contribution >= 0.6 is 0 Å². The highest BCUT2D eigenvalue weighted by Crippen LogP contribution is 2.15. The number of carbonyl (C=O) groups is 1. The van der Waals surface area contributed by atoms with Gasteiger partial charge >= 0.3 is 0 Å². The van der Waals surface area contributed by atoms with Crippen LogP contribution in [0.3, 0.4) is 0 Å². The van der Waals surface area contributed by atoms with Crippen LogP contribution in [0.4, 0.5) is 0 Å². The highest BCUT2D eigenvalue weighted by Gasteiger charge is 2.14. The van der Waals surface area contributed by atoms with Crippen LogP contribution in [0.25, 0.3) is 0 Å². The largest absolute Gasteiger partial charge is 0.459 e. The van der Waals surface area contributed by atoms with Crippen molar-refractivity contribution in [3.05, 3.63) is 54.0 Å². The molecule has 0 unspecified atom stereocenters. The molecule has 1 N–H and O–H groups in total. The Morgan fingerprint density at radius 3 is 2.58 bits per heavy atom. The topological polar surface area (TPSA) is 76.4 Å². The van der Waals surface area contributed by atoms with Crippen LogP contribution in [-0.4, -0.2) is 20.6 Å². The summed E-state index contributed by atoms with van der Waals surface area (Å²) in [6.07, 6.45) is 2.54. The minimum absolute atomic E-state index is 0.128. The second-order valence-corrected chi connectivity index (χ2v) is 6.02. The van der Waals surface area contributed by atoms with E-state index in [9.17, 15) is 13.2 Å². The zero-order valence-corrected chi connectivity index (χ0v) is 11.1. The van der Waals surface area contributed by atoms with E-state index in [4.69, 9.17) is 4.42 Å². The summed E-state index contributed by atoms with van der Waals surface area (Å²) >= 11 is 0. The van der Waals surface area contributed by atoms with E-state index < -0.39 is 9.84 Å². The van der Waals surface area contributed by atoms with Crippen molar-refractivity contribution in [3.8, 4) is 0 Å². The average molecular weight is 279 g/mol. The maximum atomic E-state index is 11.7. The van der Waals surface area contributed by atoms with Crippen LogP contribution < -0.4 is 5.32 Å². The van der Waals surface area contributed by atoms with E-state index in [1.165, 1.54) is 18.4 Å². The zero-order chi connectivity index (χ0) is 13.9. The lowest BCUT2D eigenvalue weighted by Gasteiger charge is -2.08. The third-order valence-electron chi connectivity index (χ3n) is 2.56. The minimum Gasteiger partial charge on any atom is -0.459 e. The second kappa shape index (κ2) is 5.27. The first-order valence-corrected chi connectivity index (χ1v) is 7.47. The Morgan fingerprint density at radius 2 is 1.95 bits per heavy atom. The maximum absolute atomic E-state index is 11.7. The lowest BCUT2D eigenvalue weighted by atomic mass is 10.2. The van der Waals surface area contributed by atoms with Gasteiger partial charge in [0, 0.05) is 12.8 Å². The smallest absolute Gasteiger partial charge is 0.287 e. The number of hydrogen-bond donors (Lipinski definition) is 1. The molecular formula is C13H13NO4S. The number of sulfone groups is 1. The molecule has 0 bridgehead atoms. The molecule has 0 radical (unpaired) electrons. The Morgan fingerprint density at radius 1 is 1.21 bits per heavy atom. The van der Waals surface area contributed by atoms with Gasteiger partial charge in [0.05, 0.1) is 11.2 Å². The molecule has 0 saturated carbocycles. The molecule has 0 aliphatic carbocycles. The summed E-state index contributed by atoms with van der Waals surface area (Å²) in [6.45, 7) is 0.128. The molecule has 2 aromatic rings. The fourth-order valence-electron chi connectivity index (χ4n) is 1.68. The lowest BCUT2D eigenvalue weighted by molar-refractivity contribution is 0.0923. The van der Waals surface area contributed by atoms with E-state index >= 15 is 0 Å². The molecule has 1 amide bonds. The standard InChI is InChI=1S/C13H13NO4S/c1-19(16,17)12-7-3-2-5-10(12)9-14-13(15)11-6-4-8-18-11/h2-8H,9H2,1H3,(H,14,15). The molecule has 0 atom stereocenters. The summed E-state index contributed by atoms with van der Waals surface area (Å²) < 4.78 is 28.1. The molecule has 19 heavy (non-hydrogen) atoms. The van der Waals surface area contributed by atoms with Crippen molar-refractivity contribution >= 4 is 15.7 Å². The number of carbonyl (C=O) groups excluding carboxylic acids is 1. The highest BCUT2D eigenvalue weighted by molar-refractivity contribution is 7.90. The summed E-state index contributed by atoms with van der Waals surface area (Å²) in [5, 5.41) is 2.62. The molecule has 0 saturated heterocycles. The van der Waals surface area contributed by atoms with E-state index in [1.807, 2.05) is 0 Å². The fourth-order valence-corrected chi connectivity index (χ4v) is 2.62. The van der Waals surface area contributed by atoms with Gasteiger partial charge in [0.25, 0.3) is 5.91 Å². The molecule has 100 valence electrons. The lowest BCUT2D eigenvalue weighted by Crippen LogP contribution is -2.23. The van der Waals surface area contributed by atoms with Gasteiger partial charge in [0.1, 0.15) is 0 Å². The molecule has 6 heteroatoms. The third-order valence-corrected chi connectivity index (χ3v) is 3.75. The van der Waals surface area contributed by atoms with Crippen molar-refractivity contribution in [2.75, 3.05) is 6.26 Å². The van der Waals surface area contributed by atoms with Gasteiger partial charge in [-0.05, 0) is 23.8 Å². The van der Waals surface area contributed by atoms with E-state index in [1.54, 1.807) is 24.3 Å². The van der Waals surface area contributed by atoms with Gasteiger partial charge in [0.2, 0.25) is 0 Å². The SMILES string of the molecule is CS(=O)(=O)c1ccccc1CNC(=O)c1ccco1. The number of nitrogens with one attached hydrogen (secondary N) is 1. The number of hydrogen-bond acceptors (Lipinski definition) is 4. The van der Waals surface area contributed by atoms with Crippen LogP contribution in [0.1, 0.15) is 16.1 Å². The molecule has 1 heterocycles. The van der Waals surface area contributed by atoms with Gasteiger partial charge in [-0.3, -0.25) is 4.79 Å². The van der Waals surface area contributed by atoms with Crippen LogP contribution in [0.2, 0.25) is 0 Å². The molecule has 1 aromatic carbocycles. The van der Waals surface area contributed by atoms with Crippen LogP contribution in [0.5, 0.6) is 0 Å². The predicted molar refractivity (Wildman–Crippen MR) is 69.4 cm³/mol. The summed E-state index contributed by atoms with van der Waals surface area (Å²) in [4.78, 5) is 11.9. The van der Waals surface area contributed by atoms with E-state index in [-0.39, 0.29) is 23.1 Å². The first-order valence-electron chi connectivity index (χ1n) is 5.58. The average Bonchev–Trinajstić information content (AvgIpc) is 2.89. The molecule has 1 aromatic heterocycles. The second-order valence-electron chi connectivity index (χ2n) is 4.04. The van der Waals surface area contributed by atoms with Gasteiger partial charge in [0.15, 0.2) is 15.6 Å². The normalized spacial score (nSPS) is 11.2. The quantitative estimate of drug-likeness (QED) is 0.922. The minimum atomic E-state index is -3.31. The van der Waals surface area contributed by atoms with E-state index in [0.29, 0.717) is 5.56 Å². The molecule has 5 nitrogen and oxygen atoms in total. The number of benzene rings is 1. The van der Waals surface area contributed by atoms with Crippen LogP contribution in [0.15, 0.2) is 52.0 Å². The molecule has 0 spiro atoms. The zero-order valence-electron chi connectivity index (χ0n) is 10.3. The van der Waals surface area contributed by atoms with Gasteiger partial charge in [-0.25, -0.2) is 8.42 Å². The Balaban J connectivity index is 2.15. The number of rotatable bonds is 4. The fraction of sp³-hybridized carbons (Fsp3) is 0.154. The maximum Gasteiger partial charge on any atom is 0.287 e. The van der Waals surface area contributed by atoms with Crippen molar-refractivity contribution in [3.63, 3.8) is 0 Å². The summed E-state index contributed by atoms with van der Waals surface area (Å²) in [5.74, 6) is -0.190. The van der Waals surface area contributed by atoms with Crippen molar-refractivity contribution < 1.29 is 17.6 Å². The Kier molecular flexibility index (Phi) is 3.71. The number of furan rings is 1. The van der Waals surface area contributed by atoms with Crippen LogP contribution in [0, 0.1) is 0 Å². The first-order chi connectivity index (χ1) is 8.98. The van der Waals surface area contributed by atoms with Crippen molar-refractivity contribution in [2.45, 2.75) is 11.4 Å². The van der Waals surface area contributed by atoms with Gasteiger partial charge in [-0.2, -0.15) is 0 Å². The molecule has 0 aliphatic heterocycles.